The summed E-state index contributed by atoms with van der Waals surface area (Å²) in [5.74, 6) is 0.0888. The van der Waals surface area contributed by atoms with Crippen LogP contribution in [0.4, 0.5) is 5.82 Å². The van der Waals surface area contributed by atoms with Crippen molar-refractivity contribution in [2.45, 2.75) is 13.8 Å². The summed E-state index contributed by atoms with van der Waals surface area (Å²) in [6.07, 6.45) is 1.34. The molecule has 32 heavy (non-hydrogen) atoms. The molecular formula is C22H26N4O6. The van der Waals surface area contributed by atoms with Gasteiger partial charge in [0, 0.05) is 12.5 Å². The molecule has 2 aromatic heterocycles. The molecular weight excluding hydrogens is 416 g/mol. The van der Waals surface area contributed by atoms with Crippen molar-refractivity contribution in [1.82, 2.24) is 14.8 Å². The highest BCUT2D eigenvalue weighted by Gasteiger charge is 2.23. The second kappa shape index (κ2) is 10.7. The zero-order valence-corrected chi connectivity index (χ0v) is 18.5. The maximum atomic E-state index is 12.5. The lowest BCUT2D eigenvalue weighted by Gasteiger charge is -2.13. The first-order valence-corrected chi connectivity index (χ1v) is 10.1. The van der Waals surface area contributed by atoms with E-state index in [0.29, 0.717) is 23.7 Å². The Morgan fingerprint density at radius 3 is 2.72 bits per heavy atom. The van der Waals surface area contributed by atoms with E-state index in [1.165, 1.54) is 10.9 Å². The lowest BCUT2D eigenvalue weighted by Crippen LogP contribution is -2.23. The number of nitrogens with zero attached hydrogens (tertiary/aromatic N) is 3. The van der Waals surface area contributed by atoms with Gasteiger partial charge in [-0.3, -0.25) is 4.79 Å². The summed E-state index contributed by atoms with van der Waals surface area (Å²) in [5.41, 5.74) is 1.67. The predicted molar refractivity (Wildman–Crippen MR) is 117 cm³/mol. The van der Waals surface area contributed by atoms with Gasteiger partial charge in [0.2, 0.25) is 0 Å². The van der Waals surface area contributed by atoms with Crippen LogP contribution in [0.1, 0.15) is 22.8 Å². The van der Waals surface area contributed by atoms with Gasteiger partial charge in [-0.15, -0.1) is 0 Å². The maximum absolute atomic E-state index is 12.5. The average molecular weight is 442 g/mol. The molecule has 10 nitrogen and oxygen atoms in total. The van der Waals surface area contributed by atoms with Crippen LogP contribution in [-0.4, -0.2) is 67.3 Å². The van der Waals surface area contributed by atoms with E-state index >= 15 is 0 Å². The number of esters is 1. The van der Waals surface area contributed by atoms with E-state index in [1.54, 1.807) is 21.1 Å². The molecule has 2 heterocycles. The van der Waals surface area contributed by atoms with E-state index in [0.717, 1.165) is 10.9 Å². The quantitative estimate of drug-likeness (QED) is 0.376. The third-order valence-corrected chi connectivity index (χ3v) is 4.62. The molecule has 0 aliphatic heterocycles. The summed E-state index contributed by atoms with van der Waals surface area (Å²) in [6.45, 7) is 4.23. The van der Waals surface area contributed by atoms with Crippen molar-refractivity contribution >= 4 is 28.6 Å². The number of aryl methyl sites for hydroxylation is 1. The molecule has 0 saturated carbocycles. The number of para-hydroxylation sites is 1. The van der Waals surface area contributed by atoms with E-state index in [1.807, 2.05) is 31.2 Å². The van der Waals surface area contributed by atoms with Crippen molar-refractivity contribution in [3.05, 3.63) is 41.6 Å². The Bertz CT molecular complexity index is 1110. The minimum absolute atomic E-state index is 0.108. The van der Waals surface area contributed by atoms with Crippen LogP contribution in [0.3, 0.4) is 0 Å². The molecule has 0 spiro atoms. The van der Waals surface area contributed by atoms with Gasteiger partial charge in [-0.2, -0.15) is 9.78 Å². The van der Waals surface area contributed by atoms with Crippen LogP contribution < -0.4 is 10.1 Å². The normalized spacial score (nSPS) is 10.9. The van der Waals surface area contributed by atoms with E-state index in [2.05, 4.69) is 15.4 Å². The summed E-state index contributed by atoms with van der Waals surface area (Å²) in [6, 6.07) is 7.45. The third-order valence-electron chi connectivity index (χ3n) is 4.62. The minimum Gasteiger partial charge on any atom is -0.494 e. The van der Waals surface area contributed by atoms with Crippen molar-refractivity contribution < 1.29 is 28.5 Å². The number of carbonyl (C=O) groups is 2. The summed E-state index contributed by atoms with van der Waals surface area (Å²) >= 11 is 0. The van der Waals surface area contributed by atoms with Crippen LogP contribution in [-0.2, 0) is 19.0 Å². The smallest absolute Gasteiger partial charge is 0.343 e. The van der Waals surface area contributed by atoms with E-state index in [4.69, 9.17) is 18.9 Å². The van der Waals surface area contributed by atoms with Crippen LogP contribution >= 0.6 is 0 Å². The Morgan fingerprint density at radius 1 is 1.19 bits per heavy atom. The van der Waals surface area contributed by atoms with Crippen molar-refractivity contribution in [2.75, 3.05) is 46.0 Å². The third kappa shape index (κ3) is 5.04. The summed E-state index contributed by atoms with van der Waals surface area (Å²) in [4.78, 5) is 29.6. The number of hydrogen-bond donors (Lipinski definition) is 1. The molecule has 0 unspecified atom stereocenters. The molecule has 3 aromatic rings. The topological polar surface area (TPSA) is 114 Å². The largest absolute Gasteiger partial charge is 0.494 e. The van der Waals surface area contributed by atoms with Crippen LogP contribution in [0.5, 0.6) is 5.75 Å². The van der Waals surface area contributed by atoms with Gasteiger partial charge in [0.15, 0.2) is 11.6 Å². The highest BCUT2D eigenvalue weighted by Crippen LogP contribution is 2.29. The number of aromatic nitrogens is 3. The number of fused-ring (bicyclic) bond motifs is 1. The number of amides is 1. The van der Waals surface area contributed by atoms with Gasteiger partial charge in [-0.1, -0.05) is 12.1 Å². The van der Waals surface area contributed by atoms with Crippen LogP contribution in [0, 0.1) is 6.92 Å². The molecule has 0 radical (unpaired) electrons. The lowest BCUT2D eigenvalue weighted by molar-refractivity contribution is -0.121. The van der Waals surface area contributed by atoms with Crippen LogP contribution in [0.15, 0.2) is 30.5 Å². The van der Waals surface area contributed by atoms with Gasteiger partial charge in [-0.25, -0.2) is 9.78 Å². The summed E-state index contributed by atoms with van der Waals surface area (Å²) < 4.78 is 22.1. The van der Waals surface area contributed by atoms with Crippen LogP contribution in [0.2, 0.25) is 0 Å². The predicted octanol–water partition coefficient (Wildman–Crippen LogP) is 2.52. The number of nitrogens with one attached hydrogen (secondary N) is 1. The van der Waals surface area contributed by atoms with Gasteiger partial charge in [0.25, 0.3) is 5.91 Å². The fourth-order valence-corrected chi connectivity index (χ4v) is 3.12. The molecule has 1 aromatic carbocycles. The maximum Gasteiger partial charge on any atom is 0.343 e. The fourth-order valence-electron chi connectivity index (χ4n) is 3.12. The Balaban J connectivity index is 2.02. The van der Waals surface area contributed by atoms with E-state index < -0.39 is 11.9 Å². The molecule has 3 rings (SSSR count). The molecule has 1 N–H and O–H groups in total. The number of rotatable bonds is 10. The summed E-state index contributed by atoms with van der Waals surface area (Å²) in [5, 5.41) is 7.91. The number of anilines is 1. The van der Waals surface area contributed by atoms with Crippen molar-refractivity contribution in [3.63, 3.8) is 0 Å². The number of pyridine rings is 1. The zero-order chi connectivity index (χ0) is 23.1. The van der Waals surface area contributed by atoms with Gasteiger partial charge >= 0.3 is 5.97 Å². The molecule has 0 aliphatic rings. The lowest BCUT2D eigenvalue weighted by atomic mass is 10.1. The van der Waals surface area contributed by atoms with Crippen molar-refractivity contribution in [1.29, 1.82) is 0 Å². The first-order valence-electron chi connectivity index (χ1n) is 10.1. The number of hydrogen-bond acceptors (Lipinski definition) is 8. The number of benzene rings is 1. The Hall–Kier alpha value is -3.50. The second-order valence-corrected chi connectivity index (χ2v) is 6.79. The molecule has 0 fully saturated rings. The first kappa shape index (κ1) is 23.2. The summed E-state index contributed by atoms with van der Waals surface area (Å²) in [7, 11) is 3.11. The monoisotopic (exact) mass is 442 g/mol. The fraction of sp³-hybridized carbons (Fsp3) is 0.364. The van der Waals surface area contributed by atoms with Gasteiger partial charge in [-0.05, 0) is 31.5 Å². The standard InChI is InChI=1S/C22H26N4O6/c1-5-32-22(28)16-12-23-26(21(16)25-19(27)13-31-10-9-29-3)18-11-14(2)15-7-6-8-17(30-4)20(15)24-18/h6-8,11-12H,5,9-10,13H2,1-4H3,(H,25,27). The molecule has 0 atom stereocenters. The van der Waals surface area contributed by atoms with Gasteiger partial charge in [0.05, 0.1) is 33.1 Å². The number of methoxy groups -OCH3 is 2. The highest BCUT2D eigenvalue weighted by molar-refractivity contribution is 6.01. The minimum atomic E-state index is -0.607. The molecule has 1 amide bonds. The Labute approximate surface area is 185 Å². The number of carbonyl (C=O) groups excluding carboxylic acids is 2. The van der Waals surface area contributed by atoms with Gasteiger partial charge < -0.3 is 24.3 Å². The first-order chi connectivity index (χ1) is 15.5. The van der Waals surface area contributed by atoms with E-state index in [-0.39, 0.29) is 31.2 Å². The second-order valence-electron chi connectivity index (χ2n) is 6.79. The molecule has 0 bridgehead atoms. The molecule has 0 aliphatic carbocycles. The SMILES string of the molecule is CCOC(=O)c1cnn(-c2cc(C)c3cccc(OC)c3n2)c1NC(=O)COCCOC. The zero-order valence-electron chi connectivity index (χ0n) is 18.5. The molecule has 10 heteroatoms. The molecule has 0 saturated heterocycles. The van der Waals surface area contributed by atoms with Gasteiger partial charge in [0.1, 0.15) is 23.4 Å². The molecule has 170 valence electrons. The van der Waals surface area contributed by atoms with Crippen molar-refractivity contribution in [2.24, 2.45) is 0 Å². The number of ether oxygens (including phenoxy) is 4. The average Bonchev–Trinajstić information content (AvgIpc) is 3.20. The Morgan fingerprint density at radius 2 is 2.00 bits per heavy atom. The van der Waals surface area contributed by atoms with Crippen molar-refractivity contribution in [3.8, 4) is 11.6 Å². The van der Waals surface area contributed by atoms with E-state index in [9.17, 15) is 9.59 Å². The highest BCUT2D eigenvalue weighted by atomic mass is 16.5. The van der Waals surface area contributed by atoms with Crippen LogP contribution in [0.25, 0.3) is 16.7 Å². The Kier molecular flexibility index (Phi) is 7.74.